The van der Waals surface area contributed by atoms with Gasteiger partial charge in [-0.25, -0.2) is 4.79 Å². The summed E-state index contributed by atoms with van der Waals surface area (Å²) in [6.45, 7) is 5.34. The van der Waals surface area contributed by atoms with Gasteiger partial charge < -0.3 is 28.4 Å². The van der Waals surface area contributed by atoms with Crippen LogP contribution >= 0.6 is 0 Å². The second-order valence-corrected chi connectivity index (χ2v) is 9.91. The van der Waals surface area contributed by atoms with Gasteiger partial charge in [0.2, 0.25) is 0 Å². The number of ether oxygens (including phenoxy) is 6. The van der Waals surface area contributed by atoms with Gasteiger partial charge in [0.25, 0.3) is 0 Å². The van der Waals surface area contributed by atoms with Gasteiger partial charge in [-0.3, -0.25) is 10.1 Å². The van der Waals surface area contributed by atoms with Crippen molar-refractivity contribution >= 4 is 17.7 Å². The van der Waals surface area contributed by atoms with Gasteiger partial charge in [-0.05, 0) is 37.1 Å². The summed E-state index contributed by atoms with van der Waals surface area (Å²) < 4.78 is 36.5. The number of esters is 1. The van der Waals surface area contributed by atoms with Gasteiger partial charge in [0.1, 0.15) is 24.9 Å². The average molecular weight is 564 g/mol. The van der Waals surface area contributed by atoms with E-state index in [9.17, 15) is 9.59 Å². The second-order valence-electron chi connectivity index (χ2n) is 9.91. The van der Waals surface area contributed by atoms with E-state index in [1.807, 2.05) is 80.6 Å². The number of hydrogen-bond donors (Lipinski definition) is 1. The summed E-state index contributed by atoms with van der Waals surface area (Å²) in [6.07, 6.45) is -5.18. The number of nitrogens with one attached hydrogen (secondary N) is 1. The number of carbonyl (C=O) groups is 2. The molecule has 0 radical (unpaired) electrons. The number of carbonyl (C=O) groups excluding carboxylic acids is 2. The summed E-state index contributed by atoms with van der Waals surface area (Å²) in [4.78, 5) is 24.9. The molecule has 218 valence electrons. The van der Waals surface area contributed by atoms with Crippen molar-refractivity contribution in [2.24, 2.45) is 0 Å². The first-order chi connectivity index (χ1) is 19.9. The number of hydrogen-bond acceptors (Lipinski definition) is 8. The smallest absolute Gasteiger partial charge is 0.411 e. The van der Waals surface area contributed by atoms with Crippen LogP contribution in [0.4, 0.5) is 10.5 Å². The molecule has 3 aromatic carbocycles. The second kappa shape index (κ2) is 15.3. The molecule has 0 unspecified atom stereocenters. The van der Waals surface area contributed by atoms with Gasteiger partial charge >= 0.3 is 12.1 Å². The third-order valence-electron chi connectivity index (χ3n) is 6.27. The molecule has 5 atom stereocenters. The highest BCUT2D eigenvalue weighted by Gasteiger charge is 2.50. The number of benzene rings is 3. The Bertz CT molecular complexity index is 1210. The summed E-state index contributed by atoms with van der Waals surface area (Å²) in [5, 5.41) is 2.67. The molecule has 0 aliphatic carbocycles. The molecule has 1 aliphatic heterocycles. The quantitative estimate of drug-likeness (QED) is 0.289. The molecule has 9 nitrogen and oxygen atoms in total. The van der Waals surface area contributed by atoms with Gasteiger partial charge in [0.15, 0.2) is 12.4 Å². The molecule has 1 N–H and O–H groups in total. The topological polar surface area (TPSA) is 102 Å². The Morgan fingerprint density at radius 1 is 0.780 bits per heavy atom. The summed E-state index contributed by atoms with van der Waals surface area (Å²) in [6, 6.07) is 28.3. The van der Waals surface area contributed by atoms with E-state index >= 15 is 0 Å². The molecule has 4 rings (SSSR count). The van der Waals surface area contributed by atoms with Crippen LogP contribution in [0.25, 0.3) is 0 Å². The molecule has 0 bridgehead atoms. The Balaban J connectivity index is 1.58. The SMILES string of the molecule is CC(=O)O[C@H]1[C@H](OCc2ccccc2)[C@@H](OCc2ccccc2)[C@@H](OC(C)C)O[C@@H]1COC(=O)Nc1ccccc1. The van der Waals surface area contributed by atoms with Crippen LogP contribution in [0.1, 0.15) is 31.9 Å². The minimum atomic E-state index is -0.950. The van der Waals surface area contributed by atoms with Crippen LogP contribution in [0.2, 0.25) is 0 Å². The first-order valence-corrected chi connectivity index (χ1v) is 13.7. The molecule has 3 aromatic rings. The van der Waals surface area contributed by atoms with Crippen LogP contribution in [-0.4, -0.2) is 55.5 Å². The normalized spacial score (nSPS) is 22.2. The van der Waals surface area contributed by atoms with Crippen LogP contribution in [0.15, 0.2) is 91.0 Å². The number of anilines is 1. The van der Waals surface area contributed by atoms with Crippen LogP contribution in [-0.2, 0) is 46.4 Å². The highest BCUT2D eigenvalue weighted by Crippen LogP contribution is 2.31. The lowest BCUT2D eigenvalue weighted by atomic mass is 9.98. The summed E-state index contributed by atoms with van der Waals surface area (Å²) in [5.74, 6) is -0.532. The lowest BCUT2D eigenvalue weighted by molar-refractivity contribution is -0.327. The van der Waals surface area contributed by atoms with E-state index in [0.717, 1.165) is 11.1 Å². The fourth-order valence-corrected chi connectivity index (χ4v) is 4.46. The Morgan fingerprint density at radius 2 is 1.32 bits per heavy atom. The molecule has 0 saturated carbocycles. The summed E-state index contributed by atoms with van der Waals surface area (Å²) in [7, 11) is 0. The minimum Gasteiger partial charge on any atom is -0.457 e. The summed E-state index contributed by atoms with van der Waals surface area (Å²) >= 11 is 0. The lowest BCUT2D eigenvalue weighted by Gasteiger charge is -2.45. The Morgan fingerprint density at radius 3 is 1.85 bits per heavy atom. The monoisotopic (exact) mass is 563 g/mol. The van der Waals surface area contributed by atoms with Crippen molar-refractivity contribution in [2.75, 3.05) is 11.9 Å². The van der Waals surface area contributed by atoms with E-state index < -0.39 is 42.8 Å². The van der Waals surface area contributed by atoms with Gasteiger partial charge in [0.05, 0.1) is 19.3 Å². The predicted octanol–water partition coefficient (Wildman–Crippen LogP) is 5.49. The molecular weight excluding hydrogens is 526 g/mol. The Kier molecular flexibility index (Phi) is 11.3. The van der Waals surface area contributed by atoms with Crippen molar-refractivity contribution < 1.29 is 38.0 Å². The predicted molar refractivity (Wildman–Crippen MR) is 152 cm³/mol. The Labute approximate surface area is 240 Å². The van der Waals surface area contributed by atoms with Crippen molar-refractivity contribution in [3.8, 4) is 0 Å². The highest BCUT2D eigenvalue weighted by atomic mass is 16.7. The molecule has 9 heteroatoms. The molecule has 1 amide bonds. The molecule has 41 heavy (non-hydrogen) atoms. The standard InChI is InChI=1S/C32H37NO8/c1-22(2)39-31-30(37-20-25-15-9-5-10-16-25)29(36-19-24-13-7-4-8-14-24)28(40-23(3)34)27(41-31)21-38-32(35)33-26-17-11-6-12-18-26/h4-18,22,27-31H,19-21H2,1-3H3,(H,33,35)/t27-,28-,29+,30-,31+/m1/s1. The average Bonchev–Trinajstić information content (AvgIpc) is 2.96. The zero-order valence-corrected chi connectivity index (χ0v) is 23.5. The van der Waals surface area contributed by atoms with Gasteiger partial charge in [-0.2, -0.15) is 0 Å². The van der Waals surface area contributed by atoms with E-state index in [0.29, 0.717) is 5.69 Å². The first-order valence-electron chi connectivity index (χ1n) is 13.7. The highest BCUT2D eigenvalue weighted by molar-refractivity contribution is 5.84. The zero-order chi connectivity index (χ0) is 29.0. The van der Waals surface area contributed by atoms with Crippen molar-refractivity contribution in [3.63, 3.8) is 0 Å². The van der Waals surface area contributed by atoms with Crippen LogP contribution in [0, 0.1) is 0 Å². The van der Waals surface area contributed by atoms with Crippen molar-refractivity contribution in [2.45, 2.75) is 70.8 Å². The third-order valence-corrected chi connectivity index (χ3v) is 6.27. The van der Waals surface area contributed by atoms with Crippen LogP contribution in [0.3, 0.4) is 0 Å². The van der Waals surface area contributed by atoms with E-state index in [-0.39, 0.29) is 25.9 Å². The number of para-hydroxylation sites is 1. The molecule has 0 spiro atoms. The van der Waals surface area contributed by atoms with Crippen molar-refractivity contribution in [1.82, 2.24) is 0 Å². The van der Waals surface area contributed by atoms with Gasteiger partial charge in [-0.1, -0.05) is 78.9 Å². The van der Waals surface area contributed by atoms with Crippen LogP contribution < -0.4 is 5.32 Å². The fourth-order valence-electron chi connectivity index (χ4n) is 4.46. The maximum atomic E-state index is 12.6. The molecule has 1 heterocycles. The van der Waals surface area contributed by atoms with Crippen molar-refractivity contribution in [1.29, 1.82) is 0 Å². The molecular formula is C32H37NO8. The lowest BCUT2D eigenvalue weighted by Crippen LogP contribution is -2.62. The maximum absolute atomic E-state index is 12.6. The third kappa shape index (κ3) is 9.40. The zero-order valence-electron chi connectivity index (χ0n) is 23.5. The molecule has 1 fully saturated rings. The number of rotatable bonds is 12. The maximum Gasteiger partial charge on any atom is 0.411 e. The first kappa shape index (κ1) is 30.2. The molecule has 1 aliphatic rings. The Hall–Kier alpha value is -3.76. The van der Waals surface area contributed by atoms with Gasteiger partial charge in [-0.15, -0.1) is 0 Å². The fraction of sp³-hybridized carbons (Fsp3) is 0.375. The molecule has 1 saturated heterocycles. The molecule has 0 aromatic heterocycles. The largest absolute Gasteiger partial charge is 0.457 e. The van der Waals surface area contributed by atoms with Crippen molar-refractivity contribution in [3.05, 3.63) is 102 Å². The van der Waals surface area contributed by atoms with E-state index in [4.69, 9.17) is 28.4 Å². The van der Waals surface area contributed by atoms with E-state index in [1.165, 1.54) is 6.92 Å². The van der Waals surface area contributed by atoms with Crippen LogP contribution in [0.5, 0.6) is 0 Å². The van der Waals surface area contributed by atoms with Gasteiger partial charge in [0, 0.05) is 12.6 Å². The summed E-state index contributed by atoms with van der Waals surface area (Å²) in [5.41, 5.74) is 2.46. The van der Waals surface area contributed by atoms with E-state index in [2.05, 4.69) is 5.32 Å². The van der Waals surface area contributed by atoms with E-state index in [1.54, 1.807) is 24.3 Å². The number of amides is 1. The minimum absolute atomic E-state index is 0.217.